The first kappa shape index (κ1) is 28.1. The number of halogens is 2. The van der Waals surface area contributed by atoms with E-state index in [-0.39, 0.29) is 17.3 Å². The van der Waals surface area contributed by atoms with Crippen LogP contribution in [0, 0.1) is 12.7 Å². The van der Waals surface area contributed by atoms with Crippen LogP contribution in [0.3, 0.4) is 0 Å². The SMILES string of the molecule is CCNC(=O)C(C)N(Cc1ccc(F)cc1)C(=O)CN(c1cccc(C)c1)S(=O)(=O)c1ccc(Cl)cc1. The molecule has 0 aliphatic rings. The molecule has 0 heterocycles. The van der Waals surface area contributed by atoms with Crippen molar-refractivity contribution >= 4 is 39.1 Å². The van der Waals surface area contributed by atoms with Gasteiger partial charge in [-0.15, -0.1) is 0 Å². The number of rotatable bonds is 10. The molecular formula is C27H29ClFN3O4S. The second-order valence-corrected chi connectivity index (χ2v) is 10.8. The minimum absolute atomic E-state index is 0.0138. The van der Waals surface area contributed by atoms with E-state index in [0.29, 0.717) is 22.8 Å². The number of carbonyl (C=O) groups excluding carboxylic acids is 2. The lowest BCUT2D eigenvalue weighted by Gasteiger charge is -2.32. The fourth-order valence-corrected chi connectivity index (χ4v) is 5.27. The summed E-state index contributed by atoms with van der Waals surface area (Å²) < 4.78 is 41.9. The minimum Gasteiger partial charge on any atom is -0.355 e. The number of hydrogen-bond donors (Lipinski definition) is 1. The van der Waals surface area contributed by atoms with E-state index in [1.54, 1.807) is 32.0 Å². The molecule has 37 heavy (non-hydrogen) atoms. The van der Waals surface area contributed by atoms with E-state index in [0.717, 1.165) is 9.87 Å². The summed E-state index contributed by atoms with van der Waals surface area (Å²) in [5.74, 6) is -1.42. The van der Waals surface area contributed by atoms with Crippen LogP contribution in [-0.4, -0.2) is 44.3 Å². The molecule has 0 spiro atoms. The zero-order valence-electron chi connectivity index (χ0n) is 20.8. The Bertz CT molecular complexity index is 1350. The first-order valence-electron chi connectivity index (χ1n) is 11.7. The van der Waals surface area contributed by atoms with Crippen molar-refractivity contribution in [2.75, 3.05) is 17.4 Å². The van der Waals surface area contributed by atoms with E-state index < -0.39 is 34.3 Å². The Hall–Kier alpha value is -3.43. The van der Waals surface area contributed by atoms with Crippen molar-refractivity contribution in [1.82, 2.24) is 10.2 Å². The first-order chi connectivity index (χ1) is 17.5. The van der Waals surface area contributed by atoms with Gasteiger partial charge < -0.3 is 10.2 Å². The van der Waals surface area contributed by atoms with E-state index in [4.69, 9.17) is 11.6 Å². The molecule has 0 radical (unpaired) electrons. The number of anilines is 1. The third-order valence-corrected chi connectivity index (χ3v) is 7.79. The van der Waals surface area contributed by atoms with Crippen molar-refractivity contribution < 1.29 is 22.4 Å². The van der Waals surface area contributed by atoms with Crippen LogP contribution in [0.1, 0.15) is 25.0 Å². The van der Waals surface area contributed by atoms with Gasteiger partial charge in [0.05, 0.1) is 10.6 Å². The second-order valence-electron chi connectivity index (χ2n) is 8.52. The predicted molar refractivity (Wildman–Crippen MR) is 142 cm³/mol. The Morgan fingerprint density at radius 3 is 2.27 bits per heavy atom. The molecule has 0 bridgehead atoms. The number of benzene rings is 3. The van der Waals surface area contributed by atoms with Crippen LogP contribution in [0.5, 0.6) is 0 Å². The number of nitrogens with one attached hydrogen (secondary N) is 1. The topological polar surface area (TPSA) is 86.8 Å². The molecule has 3 aromatic carbocycles. The van der Waals surface area contributed by atoms with Gasteiger partial charge in [0.2, 0.25) is 11.8 Å². The number of aryl methyl sites for hydroxylation is 1. The van der Waals surface area contributed by atoms with Gasteiger partial charge in [-0.05, 0) is 80.4 Å². The Morgan fingerprint density at radius 2 is 1.68 bits per heavy atom. The lowest BCUT2D eigenvalue weighted by Crippen LogP contribution is -2.51. The van der Waals surface area contributed by atoms with Gasteiger partial charge >= 0.3 is 0 Å². The molecule has 0 aliphatic heterocycles. The molecule has 10 heteroatoms. The lowest BCUT2D eigenvalue weighted by molar-refractivity contribution is -0.139. The van der Waals surface area contributed by atoms with Gasteiger partial charge in [0.1, 0.15) is 18.4 Å². The monoisotopic (exact) mass is 545 g/mol. The van der Waals surface area contributed by atoms with Crippen LogP contribution in [-0.2, 0) is 26.2 Å². The Kier molecular flexibility index (Phi) is 9.29. The van der Waals surface area contributed by atoms with Crippen LogP contribution in [0.4, 0.5) is 10.1 Å². The summed E-state index contributed by atoms with van der Waals surface area (Å²) in [7, 11) is -4.17. The molecule has 7 nitrogen and oxygen atoms in total. The van der Waals surface area contributed by atoms with Crippen molar-refractivity contribution in [1.29, 1.82) is 0 Å². The highest BCUT2D eigenvalue weighted by atomic mass is 35.5. The van der Waals surface area contributed by atoms with E-state index >= 15 is 0 Å². The zero-order valence-corrected chi connectivity index (χ0v) is 22.4. The normalized spacial score (nSPS) is 12.0. The summed E-state index contributed by atoms with van der Waals surface area (Å²) in [6.45, 7) is 4.93. The van der Waals surface area contributed by atoms with Crippen molar-refractivity contribution in [3.05, 3.63) is 94.8 Å². The third kappa shape index (κ3) is 7.08. The largest absolute Gasteiger partial charge is 0.355 e. The molecule has 0 fully saturated rings. The van der Waals surface area contributed by atoms with Gasteiger partial charge in [0, 0.05) is 18.1 Å². The van der Waals surface area contributed by atoms with Crippen molar-refractivity contribution in [3.8, 4) is 0 Å². The third-order valence-electron chi connectivity index (χ3n) is 5.75. The fourth-order valence-electron chi connectivity index (χ4n) is 3.74. The highest BCUT2D eigenvalue weighted by Gasteiger charge is 2.32. The van der Waals surface area contributed by atoms with Crippen LogP contribution >= 0.6 is 11.6 Å². The van der Waals surface area contributed by atoms with E-state index in [1.807, 2.05) is 13.0 Å². The molecule has 3 aromatic rings. The van der Waals surface area contributed by atoms with E-state index in [1.165, 1.54) is 53.4 Å². The molecule has 1 unspecified atom stereocenters. The van der Waals surface area contributed by atoms with Gasteiger partial charge in [-0.3, -0.25) is 13.9 Å². The van der Waals surface area contributed by atoms with E-state index in [2.05, 4.69) is 5.32 Å². The van der Waals surface area contributed by atoms with Crippen LogP contribution in [0.2, 0.25) is 5.02 Å². The molecule has 2 amide bonds. The van der Waals surface area contributed by atoms with Crippen LogP contribution < -0.4 is 9.62 Å². The molecular weight excluding hydrogens is 517 g/mol. The van der Waals surface area contributed by atoms with Crippen LogP contribution in [0.25, 0.3) is 0 Å². The molecule has 3 rings (SSSR count). The maximum absolute atomic E-state index is 13.7. The maximum Gasteiger partial charge on any atom is 0.264 e. The van der Waals surface area contributed by atoms with Gasteiger partial charge in [0.15, 0.2) is 0 Å². The Balaban J connectivity index is 2.02. The summed E-state index contributed by atoms with van der Waals surface area (Å²) >= 11 is 5.95. The first-order valence-corrected chi connectivity index (χ1v) is 13.5. The standard InChI is InChI=1S/C27H29ClFN3O4S/c1-4-30-27(34)20(3)31(17-21-8-12-23(29)13-9-21)26(33)18-32(24-7-5-6-19(2)16-24)37(35,36)25-14-10-22(28)11-15-25/h5-16,20H,4,17-18H2,1-3H3,(H,30,34). The highest BCUT2D eigenvalue weighted by molar-refractivity contribution is 7.92. The smallest absolute Gasteiger partial charge is 0.264 e. The van der Waals surface area contributed by atoms with E-state index in [9.17, 15) is 22.4 Å². The maximum atomic E-state index is 13.7. The summed E-state index contributed by atoms with van der Waals surface area (Å²) in [6, 6.07) is 17.1. The molecule has 1 atom stereocenters. The molecule has 0 aliphatic carbocycles. The predicted octanol–water partition coefficient (Wildman–Crippen LogP) is 4.54. The lowest BCUT2D eigenvalue weighted by atomic mass is 10.1. The Labute approximate surface area is 221 Å². The van der Waals surface area contributed by atoms with Gasteiger partial charge in [0.25, 0.3) is 10.0 Å². The number of amides is 2. The van der Waals surface area contributed by atoms with Crippen molar-refractivity contribution in [2.24, 2.45) is 0 Å². The average molecular weight is 546 g/mol. The average Bonchev–Trinajstić information content (AvgIpc) is 2.86. The molecule has 0 saturated heterocycles. The quantitative estimate of drug-likeness (QED) is 0.405. The molecule has 196 valence electrons. The molecule has 0 saturated carbocycles. The zero-order chi connectivity index (χ0) is 27.2. The summed E-state index contributed by atoms with van der Waals surface area (Å²) in [6.07, 6.45) is 0. The number of nitrogens with zero attached hydrogens (tertiary/aromatic N) is 2. The summed E-state index contributed by atoms with van der Waals surface area (Å²) in [4.78, 5) is 27.6. The van der Waals surface area contributed by atoms with Gasteiger partial charge in [-0.1, -0.05) is 35.9 Å². The van der Waals surface area contributed by atoms with Crippen molar-refractivity contribution in [2.45, 2.75) is 38.3 Å². The van der Waals surface area contributed by atoms with Gasteiger partial charge in [-0.2, -0.15) is 0 Å². The number of hydrogen-bond acceptors (Lipinski definition) is 4. The number of likely N-dealkylation sites (N-methyl/N-ethyl adjacent to an activating group) is 1. The van der Waals surface area contributed by atoms with Crippen molar-refractivity contribution in [3.63, 3.8) is 0 Å². The summed E-state index contributed by atoms with van der Waals surface area (Å²) in [5, 5.41) is 3.07. The highest BCUT2D eigenvalue weighted by Crippen LogP contribution is 2.26. The van der Waals surface area contributed by atoms with Crippen LogP contribution in [0.15, 0.2) is 77.7 Å². The molecule has 1 N–H and O–H groups in total. The second kappa shape index (κ2) is 12.2. The molecule has 0 aromatic heterocycles. The number of carbonyl (C=O) groups is 2. The number of sulfonamides is 1. The fraction of sp³-hybridized carbons (Fsp3) is 0.259. The Morgan fingerprint density at radius 1 is 1.03 bits per heavy atom. The summed E-state index contributed by atoms with van der Waals surface area (Å²) in [5.41, 5.74) is 1.70. The minimum atomic E-state index is -4.17. The van der Waals surface area contributed by atoms with Gasteiger partial charge in [-0.25, -0.2) is 12.8 Å².